The van der Waals surface area contributed by atoms with Crippen molar-refractivity contribution in [1.82, 2.24) is 15.3 Å². The number of terminal acetylenes is 1. The number of carbonyl (C=O) groups is 1. The van der Waals surface area contributed by atoms with Crippen molar-refractivity contribution in [3.8, 4) is 12.3 Å². The second-order valence-corrected chi connectivity index (χ2v) is 6.74. The first-order valence-electron chi connectivity index (χ1n) is 9.48. The van der Waals surface area contributed by atoms with E-state index in [1.807, 2.05) is 24.3 Å². The van der Waals surface area contributed by atoms with Crippen LogP contribution in [0.15, 0.2) is 73.1 Å². The van der Waals surface area contributed by atoms with Crippen molar-refractivity contribution >= 4 is 34.1 Å². The minimum atomic E-state index is -0.406. The van der Waals surface area contributed by atoms with Crippen LogP contribution < -0.4 is 16.0 Å². The van der Waals surface area contributed by atoms with Crippen LogP contribution in [0.1, 0.15) is 11.1 Å². The SMILES string of the molecule is C#Cc1cccc(Nc2ncnc3ccc(NC(=O)NCc4cccc(F)c4)cc23)c1. The van der Waals surface area contributed by atoms with Crippen molar-refractivity contribution in [2.24, 2.45) is 0 Å². The standard InChI is InChI=1S/C24H18FN5O/c1-2-16-5-4-8-19(12-16)29-23-21-13-20(9-10-22(21)27-15-28-23)30-24(31)26-14-17-6-3-7-18(25)11-17/h1,3-13,15H,14H2,(H2,26,30,31)(H,27,28,29). The number of halogens is 1. The van der Waals surface area contributed by atoms with E-state index in [2.05, 4.69) is 31.8 Å². The topological polar surface area (TPSA) is 78.9 Å². The molecule has 0 radical (unpaired) electrons. The molecule has 3 N–H and O–H groups in total. The second-order valence-electron chi connectivity index (χ2n) is 6.74. The molecule has 0 aliphatic carbocycles. The van der Waals surface area contributed by atoms with E-state index >= 15 is 0 Å². The van der Waals surface area contributed by atoms with E-state index in [0.717, 1.165) is 22.2 Å². The maximum absolute atomic E-state index is 13.3. The summed E-state index contributed by atoms with van der Waals surface area (Å²) in [7, 11) is 0. The number of rotatable bonds is 5. The van der Waals surface area contributed by atoms with Crippen LogP contribution in [0.25, 0.3) is 10.9 Å². The lowest BCUT2D eigenvalue weighted by Gasteiger charge is -2.11. The first-order valence-corrected chi connectivity index (χ1v) is 9.48. The normalized spacial score (nSPS) is 10.3. The van der Waals surface area contributed by atoms with Gasteiger partial charge in [-0.25, -0.2) is 19.2 Å². The minimum Gasteiger partial charge on any atom is -0.340 e. The average Bonchev–Trinajstić information content (AvgIpc) is 2.78. The van der Waals surface area contributed by atoms with Crippen molar-refractivity contribution < 1.29 is 9.18 Å². The van der Waals surface area contributed by atoms with Gasteiger partial charge >= 0.3 is 6.03 Å². The Balaban J connectivity index is 1.51. The zero-order chi connectivity index (χ0) is 21.6. The van der Waals surface area contributed by atoms with Gasteiger partial charge in [-0.05, 0) is 54.1 Å². The van der Waals surface area contributed by atoms with Crippen LogP contribution in [0.5, 0.6) is 0 Å². The molecule has 0 atom stereocenters. The molecule has 1 heterocycles. The largest absolute Gasteiger partial charge is 0.340 e. The fraction of sp³-hybridized carbons (Fsp3) is 0.0417. The molecule has 7 heteroatoms. The number of hydrogen-bond donors (Lipinski definition) is 3. The third-order valence-electron chi connectivity index (χ3n) is 4.53. The molecule has 0 saturated heterocycles. The highest BCUT2D eigenvalue weighted by molar-refractivity contribution is 5.96. The number of anilines is 3. The van der Waals surface area contributed by atoms with E-state index in [4.69, 9.17) is 6.42 Å². The molecule has 0 spiro atoms. The molecule has 0 fully saturated rings. The molecule has 3 aromatic carbocycles. The van der Waals surface area contributed by atoms with Crippen LogP contribution in [0.3, 0.4) is 0 Å². The monoisotopic (exact) mass is 411 g/mol. The van der Waals surface area contributed by atoms with E-state index in [1.165, 1.54) is 18.5 Å². The lowest BCUT2D eigenvalue weighted by molar-refractivity contribution is 0.251. The number of urea groups is 1. The summed E-state index contributed by atoms with van der Waals surface area (Å²) >= 11 is 0. The Morgan fingerprint density at radius 3 is 2.71 bits per heavy atom. The Bertz CT molecular complexity index is 1300. The fourth-order valence-corrected chi connectivity index (χ4v) is 3.06. The van der Waals surface area contributed by atoms with Crippen molar-refractivity contribution in [2.75, 3.05) is 10.6 Å². The van der Waals surface area contributed by atoms with Gasteiger partial charge in [0.05, 0.1) is 5.52 Å². The van der Waals surface area contributed by atoms with Gasteiger partial charge in [-0.15, -0.1) is 6.42 Å². The number of nitrogens with one attached hydrogen (secondary N) is 3. The maximum Gasteiger partial charge on any atom is 0.319 e. The van der Waals surface area contributed by atoms with Gasteiger partial charge in [0, 0.05) is 28.9 Å². The van der Waals surface area contributed by atoms with Crippen molar-refractivity contribution in [2.45, 2.75) is 6.54 Å². The van der Waals surface area contributed by atoms with Crippen molar-refractivity contribution in [3.05, 3.63) is 90.0 Å². The van der Waals surface area contributed by atoms with Crippen LogP contribution in [-0.4, -0.2) is 16.0 Å². The average molecular weight is 411 g/mol. The molecule has 152 valence electrons. The zero-order valence-electron chi connectivity index (χ0n) is 16.4. The molecule has 0 aliphatic rings. The van der Waals surface area contributed by atoms with Gasteiger partial charge in [-0.2, -0.15) is 0 Å². The Kier molecular flexibility index (Phi) is 5.72. The smallest absolute Gasteiger partial charge is 0.319 e. The van der Waals surface area contributed by atoms with E-state index in [9.17, 15) is 9.18 Å². The summed E-state index contributed by atoms with van der Waals surface area (Å²) in [4.78, 5) is 20.9. The molecule has 0 aliphatic heterocycles. The van der Waals surface area contributed by atoms with E-state index in [1.54, 1.807) is 30.3 Å². The highest BCUT2D eigenvalue weighted by Gasteiger charge is 2.08. The molecule has 6 nitrogen and oxygen atoms in total. The van der Waals surface area contributed by atoms with Crippen LogP contribution in [0, 0.1) is 18.2 Å². The number of nitrogens with zero attached hydrogens (tertiary/aromatic N) is 2. The quantitative estimate of drug-likeness (QED) is 0.412. The van der Waals surface area contributed by atoms with Crippen LogP contribution >= 0.6 is 0 Å². The molecular weight excluding hydrogens is 393 g/mol. The number of benzene rings is 3. The van der Waals surface area contributed by atoms with Gasteiger partial charge in [0.25, 0.3) is 0 Å². The number of fused-ring (bicyclic) bond motifs is 1. The molecule has 4 aromatic rings. The van der Waals surface area contributed by atoms with E-state index in [0.29, 0.717) is 17.1 Å². The van der Waals surface area contributed by atoms with Gasteiger partial charge in [-0.3, -0.25) is 0 Å². The summed E-state index contributed by atoms with van der Waals surface area (Å²) in [5.74, 6) is 2.84. The highest BCUT2D eigenvalue weighted by atomic mass is 19.1. The van der Waals surface area contributed by atoms with Gasteiger partial charge in [0.15, 0.2) is 0 Å². The first-order chi connectivity index (χ1) is 15.1. The summed E-state index contributed by atoms with van der Waals surface area (Å²) in [6, 6.07) is 18.4. The van der Waals surface area contributed by atoms with E-state index < -0.39 is 6.03 Å². The number of amides is 2. The zero-order valence-corrected chi connectivity index (χ0v) is 16.4. The molecule has 0 saturated carbocycles. The summed E-state index contributed by atoms with van der Waals surface area (Å²) in [6.07, 6.45) is 6.94. The second kappa shape index (κ2) is 8.93. The molecule has 2 amide bonds. The number of aromatic nitrogens is 2. The Hall–Kier alpha value is -4.44. The Morgan fingerprint density at radius 2 is 1.87 bits per heavy atom. The molecule has 0 unspecified atom stereocenters. The number of carbonyl (C=O) groups excluding carboxylic acids is 1. The molecule has 1 aromatic heterocycles. The predicted octanol–water partition coefficient (Wildman–Crippen LogP) is 4.82. The Morgan fingerprint density at radius 1 is 1.00 bits per heavy atom. The van der Waals surface area contributed by atoms with Crippen LogP contribution in [0.4, 0.5) is 26.4 Å². The summed E-state index contributed by atoms with van der Waals surface area (Å²) < 4.78 is 13.3. The van der Waals surface area contributed by atoms with Crippen LogP contribution in [-0.2, 0) is 6.54 Å². The third kappa shape index (κ3) is 4.95. The summed E-state index contributed by atoms with van der Waals surface area (Å²) in [5.41, 5.74) is 3.50. The van der Waals surface area contributed by atoms with Gasteiger partial charge in [-0.1, -0.05) is 24.1 Å². The van der Waals surface area contributed by atoms with E-state index in [-0.39, 0.29) is 12.4 Å². The van der Waals surface area contributed by atoms with Gasteiger partial charge < -0.3 is 16.0 Å². The molecule has 31 heavy (non-hydrogen) atoms. The van der Waals surface area contributed by atoms with Crippen molar-refractivity contribution in [1.29, 1.82) is 0 Å². The lowest BCUT2D eigenvalue weighted by atomic mass is 10.2. The Labute approximate surface area is 178 Å². The molecule has 0 bridgehead atoms. The minimum absolute atomic E-state index is 0.207. The summed E-state index contributed by atoms with van der Waals surface area (Å²) in [5, 5.41) is 9.46. The third-order valence-corrected chi connectivity index (χ3v) is 4.53. The highest BCUT2D eigenvalue weighted by Crippen LogP contribution is 2.26. The number of hydrogen-bond acceptors (Lipinski definition) is 4. The van der Waals surface area contributed by atoms with Gasteiger partial charge in [0.2, 0.25) is 0 Å². The molecular formula is C24H18FN5O. The maximum atomic E-state index is 13.3. The summed E-state index contributed by atoms with van der Waals surface area (Å²) in [6.45, 7) is 0.207. The lowest BCUT2D eigenvalue weighted by Crippen LogP contribution is -2.28. The van der Waals surface area contributed by atoms with Gasteiger partial charge in [0.1, 0.15) is 18.0 Å². The molecule has 4 rings (SSSR count). The van der Waals surface area contributed by atoms with Crippen molar-refractivity contribution in [3.63, 3.8) is 0 Å². The fourth-order valence-electron chi connectivity index (χ4n) is 3.06. The predicted molar refractivity (Wildman–Crippen MR) is 119 cm³/mol. The first kappa shape index (κ1) is 19.9. The van der Waals surface area contributed by atoms with Crippen LogP contribution in [0.2, 0.25) is 0 Å².